The quantitative estimate of drug-likeness (QED) is 0.846. The lowest BCUT2D eigenvalue weighted by Crippen LogP contribution is -2.33. The van der Waals surface area contributed by atoms with Crippen molar-refractivity contribution in [2.75, 3.05) is 13.2 Å². The average Bonchev–Trinajstić information content (AvgIpc) is 2.28. The molecule has 1 aromatic carbocycles. The number of aliphatic hydroxyl groups excluding tert-OH is 1. The number of aliphatic hydroxyl groups is 1. The van der Waals surface area contributed by atoms with E-state index >= 15 is 0 Å². The van der Waals surface area contributed by atoms with Gasteiger partial charge >= 0.3 is 0 Å². The Morgan fingerprint density at radius 3 is 2.81 bits per heavy atom. The van der Waals surface area contributed by atoms with Gasteiger partial charge in [0.2, 0.25) is 0 Å². The number of nitrogens with zero attached hydrogens (tertiary/aromatic N) is 2. The van der Waals surface area contributed by atoms with Gasteiger partial charge in [-0.1, -0.05) is 12.1 Å². The molecule has 0 unspecified atom stereocenters. The van der Waals surface area contributed by atoms with Gasteiger partial charge in [0.1, 0.15) is 11.2 Å². The second kappa shape index (κ2) is 4.23. The Morgan fingerprint density at radius 1 is 1.31 bits per heavy atom. The smallest absolute Gasteiger partial charge is 0.267 e. The van der Waals surface area contributed by atoms with Crippen LogP contribution in [0.15, 0.2) is 34.2 Å². The van der Waals surface area contributed by atoms with Crippen LogP contribution in [0.2, 0.25) is 0 Å². The number of aliphatic imine (C=N–C) groups is 1. The first kappa shape index (κ1) is 11.1. The molecule has 16 heavy (non-hydrogen) atoms. The number of hydrogen-bond donors (Lipinski definition) is 1. The lowest BCUT2D eigenvalue weighted by Gasteiger charge is -2.23. The zero-order chi connectivity index (χ0) is 11.6. The highest BCUT2D eigenvalue weighted by molar-refractivity contribution is 7.89. The molecule has 5 nitrogen and oxygen atoms in total. The largest absolute Gasteiger partial charge is 0.396 e. The normalized spacial score (nSPS) is 17.2. The Kier molecular flexibility index (Phi) is 2.93. The first-order valence-corrected chi connectivity index (χ1v) is 6.36. The van der Waals surface area contributed by atoms with E-state index in [1.165, 1.54) is 12.4 Å². The van der Waals surface area contributed by atoms with Gasteiger partial charge in [-0.15, -0.1) is 0 Å². The van der Waals surface area contributed by atoms with Crippen molar-refractivity contribution in [3.63, 3.8) is 0 Å². The van der Waals surface area contributed by atoms with Crippen molar-refractivity contribution < 1.29 is 13.5 Å². The summed E-state index contributed by atoms with van der Waals surface area (Å²) in [6.07, 6.45) is 1.70. The molecule has 1 aliphatic heterocycles. The van der Waals surface area contributed by atoms with Crippen LogP contribution in [-0.4, -0.2) is 37.3 Å². The van der Waals surface area contributed by atoms with E-state index < -0.39 is 10.0 Å². The van der Waals surface area contributed by atoms with Gasteiger partial charge in [0, 0.05) is 13.2 Å². The topological polar surface area (TPSA) is 70.0 Å². The summed E-state index contributed by atoms with van der Waals surface area (Å²) in [6.45, 7) is 0.207. The Hall–Kier alpha value is -1.40. The lowest BCUT2D eigenvalue weighted by atomic mass is 10.3. The SMILES string of the molecule is O=S1(=O)c2ccccc2N=CN1CCCO. The molecule has 0 radical (unpaired) electrons. The molecule has 0 saturated carbocycles. The molecule has 1 heterocycles. The lowest BCUT2D eigenvalue weighted by molar-refractivity contribution is 0.281. The van der Waals surface area contributed by atoms with E-state index in [2.05, 4.69) is 4.99 Å². The Morgan fingerprint density at radius 2 is 2.06 bits per heavy atom. The molecule has 86 valence electrons. The Bertz CT molecular complexity index is 511. The molecule has 0 spiro atoms. The van der Waals surface area contributed by atoms with Crippen molar-refractivity contribution in [1.29, 1.82) is 0 Å². The zero-order valence-electron chi connectivity index (χ0n) is 8.57. The summed E-state index contributed by atoms with van der Waals surface area (Å²) in [6, 6.07) is 6.61. The second-order valence-electron chi connectivity index (χ2n) is 3.41. The van der Waals surface area contributed by atoms with Crippen LogP contribution >= 0.6 is 0 Å². The summed E-state index contributed by atoms with van der Waals surface area (Å²) in [5, 5.41) is 8.70. The molecular weight excluding hydrogens is 228 g/mol. The maximum Gasteiger partial charge on any atom is 0.267 e. The van der Waals surface area contributed by atoms with Crippen LogP contribution < -0.4 is 0 Å². The standard InChI is InChI=1S/C10H12N2O3S/c13-7-3-6-12-8-11-9-4-1-2-5-10(9)16(12,14)15/h1-2,4-5,8,13H,3,6-7H2. The van der Waals surface area contributed by atoms with Gasteiger partial charge in [-0.2, -0.15) is 0 Å². The molecule has 0 amide bonds. The summed E-state index contributed by atoms with van der Waals surface area (Å²) in [5.74, 6) is 0. The molecule has 0 fully saturated rings. The minimum atomic E-state index is -3.48. The van der Waals surface area contributed by atoms with Crippen LogP contribution in [0.25, 0.3) is 0 Å². The van der Waals surface area contributed by atoms with E-state index in [9.17, 15) is 8.42 Å². The third kappa shape index (κ3) is 1.81. The van der Waals surface area contributed by atoms with Crippen LogP contribution in [0.3, 0.4) is 0 Å². The van der Waals surface area contributed by atoms with Gasteiger partial charge in [-0.05, 0) is 18.6 Å². The van der Waals surface area contributed by atoms with Gasteiger partial charge in [0.15, 0.2) is 0 Å². The van der Waals surface area contributed by atoms with Crippen molar-refractivity contribution in [1.82, 2.24) is 4.31 Å². The summed E-state index contributed by atoms with van der Waals surface area (Å²) in [5.41, 5.74) is 0.461. The number of para-hydroxylation sites is 1. The second-order valence-corrected chi connectivity index (χ2v) is 5.26. The van der Waals surface area contributed by atoms with Gasteiger partial charge < -0.3 is 5.11 Å². The van der Waals surface area contributed by atoms with Gasteiger partial charge in [-0.3, -0.25) is 4.31 Å². The van der Waals surface area contributed by atoms with E-state index in [-0.39, 0.29) is 18.0 Å². The van der Waals surface area contributed by atoms with Crippen molar-refractivity contribution in [2.24, 2.45) is 4.99 Å². The van der Waals surface area contributed by atoms with Gasteiger partial charge in [0.05, 0.1) is 5.69 Å². The van der Waals surface area contributed by atoms with Crippen LogP contribution in [-0.2, 0) is 10.0 Å². The highest BCUT2D eigenvalue weighted by Crippen LogP contribution is 2.29. The summed E-state index contributed by atoms with van der Waals surface area (Å²) in [4.78, 5) is 4.28. The average molecular weight is 240 g/mol. The minimum Gasteiger partial charge on any atom is -0.396 e. The molecule has 0 aromatic heterocycles. The number of rotatable bonds is 3. The molecule has 6 heteroatoms. The molecular formula is C10H12N2O3S. The molecule has 1 N–H and O–H groups in total. The van der Waals surface area contributed by atoms with Gasteiger partial charge in [0.25, 0.3) is 10.0 Å². The maximum atomic E-state index is 12.1. The third-order valence-corrected chi connectivity index (χ3v) is 4.11. The number of benzene rings is 1. The van der Waals surface area contributed by atoms with Crippen molar-refractivity contribution in [2.45, 2.75) is 11.3 Å². The van der Waals surface area contributed by atoms with Crippen LogP contribution in [0.1, 0.15) is 6.42 Å². The minimum absolute atomic E-state index is 0.0402. The maximum absolute atomic E-state index is 12.1. The van der Waals surface area contributed by atoms with E-state index in [1.807, 2.05) is 0 Å². The number of fused-ring (bicyclic) bond motifs is 1. The highest BCUT2D eigenvalue weighted by atomic mass is 32.2. The molecule has 0 bridgehead atoms. The predicted octanol–water partition coefficient (Wildman–Crippen LogP) is 0.733. The molecule has 0 atom stereocenters. The molecule has 1 aliphatic rings. The highest BCUT2D eigenvalue weighted by Gasteiger charge is 2.27. The van der Waals surface area contributed by atoms with E-state index in [0.717, 1.165) is 4.31 Å². The number of hydrogen-bond acceptors (Lipinski definition) is 4. The van der Waals surface area contributed by atoms with E-state index in [0.29, 0.717) is 12.1 Å². The Balaban J connectivity index is 2.39. The molecule has 2 rings (SSSR count). The monoisotopic (exact) mass is 240 g/mol. The predicted molar refractivity (Wildman–Crippen MR) is 60.2 cm³/mol. The fourth-order valence-electron chi connectivity index (χ4n) is 1.50. The summed E-state index contributed by atoms with van der Waals surface area (Å²) < 4.78 is 25.3. The Labute approximate surface area is 94.1 Å². The number of sulfonamides is 1. The molecule has 1 aromatic rings. The summed E-state index contributed by atoms with van der Waals surface area (Å²) >= 11 is 0. The van der Waals surface area contributed by atoms with E-state index in [4.69, 9.17) is 5.11 Å². The first-order chi connectivity index (χ1) is 7.66. The van der Waals surface area contributed by atoms with Crippen molar-refractivity contribution in [3.05, 3.63) is 24.3 Å². The summed E-state index contributed by atoms with van der Waals surface area (Å²) in [7, 11) is -3.48. The van der Waals surface area contributed by atoms with Gasteiger partial charge in [-0.25, -0.2) is 13.4 Å². The molecule has 0 saturated heterocycles. The van der Waals surface area contributed by atoms with Crippen molar-refractivity contribution >= 4 is 22.0 Å². The molecule has 0 aliphatic carbocycles. The van der Waals surface area contributed by atoms with E-state index in [1.54, 1.807) is 18.2 Å². The zero-order valence-corrected chi connectivity index (χ0v) is 9.39. The fourth-order valence-corrected chi connectivity index (χ4v) is 2.93. The van der Waals surface area contributed by atoms with Crippen LogP contribution in [0.4, 0.5) is 5.69 Å². The third-order valence-electron chi connectivity index (χ3n) is 2.31. The fraction of sp³-hybridized carbons (Fsp3) is 0.300. The first-order valence-electron chi connectivity index (χ1n) is 4.92. The van der Waals surface area contributed by atoms with Crippen LogP contribution in [0, 0.1) is 0 Å². The van der Waals surface area contributed by atoms with Crippen molar-refractivity contribution in [3.8, 4) is 0 Å². The van der Waals surface area contributed by atoms with Crippen LogP contribution in [0.5, 0.6) is 0 Å².